The number of carbonyl (C=O) groups excluding carboxylic acids is 1. The first-order valence-electron chi connectivity index (χ1n) is 8.19. The number of nitrogens with zero attached hydrogens (tertiary/aromatic N) is 2. The van der Waals surface area contributed by atoms with E-state index in [2.05, 4.69) is 29.3 Å². The van der Waals surface area contributed by atoms with Crippen LogP contribution in [0.4, 0.5) is 0 Å². The molecule has 1 aliphatic heterocycles. The van der Waals surface area contributed by atoms with Crippen molar-refractivity contribution in [2.45, 2.75) is 0 Å². The first kappa shape index (κ1) is 16.7. The molecular weight excluding hydrogens is 322 g/mol. The van der Waals surface area contributed by atoms with Crippen molar-refractivity contribution < 1.29 is 9.69 Å². The third-order valence-corrected chi connectivity index (χ3v) is 4.56. The van der Waals surface area contributed by atoms with Gasteiger partial charge in [0.2, 0.25) is 0 Å². The van der Waals surface area contributed by atoms with Crippen molar-refractivity contribution in [3.05, 3.63) is 71.0 Å². The second-order valence-electron chi connectivity index (χ2n) is 5.90. The number of amides is 1. The quantitative estimate of drug-likeness (QED) is 0.860. The highest BCUT2D eigenvalue weighted by atomic mass is 35.5. The summed E-state index contributed by atoms with van der Waals surface area (Å²) in [4.78, 5) is 19.8. The average molecular weight is 343 g/mol. The molecule has 2 heterocycles. The molecule has 2 aromatic rings. The Morgan fingerprint density at radius 2 is 1.92 bits per heavy atom. The molecule has 0 atom stereocenters. The van der Waals surface area contributed by atoms with E-state index in [0.29, 0.717) is 5.56 Å². The van der Waals surface area contributed by atoms with Crippen LogP contribution in [0.3, 0.4) is 0 Å². The molecule has 1 amide bonds. The molecule has 1 fully saturated rings. The third-order valence-electron chi connectivity index (χ3n) is 4.26. The molecule has 0 aliphatic carbocycles. The molecule has 3 rings (SSSR count). The molecule has 5 heteroatoms. The Morgan fingerprint density at radius 3 is 2.62 bits per heavy atom. The Labute approximate surface area is 147 Å². The Balaban J connectivity index is 1.50. The number of halogens is 1. The van der Waals surface area contributed by atoms with Gasteiger partial charge in [-0.3, -0.25) is 4.79 Å². The van der Waals surface area contributed by atoms with Crippen molar-refractivity contribution in [2.75, 3.05) is 32.7 Å². The predicted molar refractivity (Wildman–Crippen MR) is 96.2 cm³/mol. The molecule has 0 radical (unpaired) electrons. The molecule has 1 saturated heterocycles. The smallest absolute Gasteiger partial charge is 0.257 e. The minimum Gasteiger partial charge on any atom is -0.329 e. The molecule has 0 spiro atoms. The SMILES string of the molecule is O=C(c1cccnc1Cl)N1CC[NH+](CC=Cc2ccccc2)CC1. The summed E-state index contributed by atoms with van der Waals surface area (Å²) in [6.45, 7) is 4.37. The van der Waals surface area contributed by atoms with Crippen LogP contribution in [0.25, 0.3) is 6.08 Å². The predicted octanol–water partition coefficient (Wildman–Crippen LogP) is 1.79. The van der Waals surface area contributed by atoms with Crippen LogP contribution < -0.4 is 4.90 Å². The van der Waals surface area contributed by atoms with Crippen LogP contribution in [0, 0.1) is 0 Å². The van der Waals surface area contributed by atoms with Crippen molar-refractivity contribution in [3.8, 4) is 0 Å². The first-order chi connectivity index (χ1) is 11.7. The molecular formula is C19H21ClN3O+. The summed E-state index contributed by atoms with van der Waals surface area (Å²) in [7, 11) is 0. The number of carbonyl (C=O) groups is 1. The zero-order valence-electron chi connectivity index (χ0n) is 13.5. The van der Waals surface area contributed by atoms with E-state index in [4.69, 9.17) is 11.6 Å². The molecule has 1 N–H and O–H groups in total. The molecule has 4 nitrogen and oxygen atoms in total. The van der Waals surface area contributed by atoms with Gasteiger partial charge in [-0.1, -0.05) is 48.0 Å². The minimum atomic E-state index is -0.0213. The van der Waals surface area contributed by atoms with Gasteiger partial charge in [0, 0.05) is 6.20 Å². The van der Waals surface area contributed by atoms with Crippen LogP contribution in [0.5, 0.6) is 0 Å². The monoisotopic (exact) mass is 342 g/mol. The standard InChI is InChI=1S/C19H20ClN3O/c20-18-17(9-4-10-21-18)19(24)23-14-12-22(13-15-23)11-5-8-16-6-2-1-3-7-16/h1-10H,11-15H2/p+1. The summed E-state index contributed by atoms with van der Waals surface area (Å²) in [5.74, 6) is -0.0213. The number of pyridine rings is 1. The highest BCUT2D eigenvalue weighted by molar-refractivity contribution is 6.32. The van der Waals surface area contributed by atoms with E-state index in [-0.39, 0.29) is 11.1 Å². The van der Waals surface area contributed by atoms with Crippen molar-refractivity contribution in [3.63, 3.8) is 0 Å². The normalized spacial score (nSPS) is 15.8. The fourth-order valence-electron chi connectivity index (χ4n) is 2.87. The van der Waals surface area contributed by atoms with Gasteiger partial charge in [0.15, 0.2) is 0 Å². The maximum Gasteiger partial charge on any atom is 0.257 e. The van der Waals surface area contributed by atoms with Gasteiger partial charge in [0.05, 0.1) is 38.3 Å². The lowest BCUT2D eigenvalue weighted by Gasteiger charge is -2.31. The van der Waals surface area contributed by atoms with E-state index in [9.17, 15) is 4.79 Å². The fraction of sp³-hybridized carbons (Fsp3) is 0.263. The van der Waals surface area contributed by atoms with Gasteiger partial charge in [0.1, 0.15) is 5.15 Å². The minimum absolute atomic E-state index is 0.0213. The third kappa shape index (κ3) is 4.22. The molecule has 124 valence electrons. The van der Waals surface area contributed by atoms with E-state index in [1.807, 2.05) is 23.1 Å². The molecule has 0 saturated carbocycles. The summed E-state index contributed by atoms with van der Waals surface area (Å²) < 4.78 is 0. The number of quaternary nitrogens is 1. The second-order valence-corrected chi connectivity index (χ2v) is 6.26. The summed E-state index contributed by atoms with van der Waals surface area (Å²) in [5.41, 5.74) is 1.71. The lowest BCUT2D eigenvalue weighted by atomic mass is 10.2. The number of piperazine rings is 1. The first-order valence-corrected chi connectivity index (χ1v) is 8.57. The van der Waals surface area contributed by atoms with E-state index in [1.54, 1.807) is 18.3 Å². The topological polar surface area (TPSA) is 37.6 Å². The van der Waals surface area contributed by atoms with Crippen LogP contribution in [0.2, 0.25) is 5.15 Å². The maximum atomic E-state index is 12.5. The van der Waals surface area contributed by atoms with E-state index < -0.39 is 0 Å². The van der Waals surface area contributed by atoms with Crippen molar-refractivity contribution >= 4 is 23.6 Å². The maximum absolute atomic E-state index is 12.5. The van der Waals surface area contributed by atoms with Gasteiger partial charge in [0.25, 0.3) is 5.91 Å². The van der Waals surface area contributed by atoms with Gasteiger partial charge >= 0.3 is 0 Å². The molecule has 0 bridgehead atoms. The number of nitrogens with one attached hydrogen (secondary N) is 1. The number of aromatic nitrogens is 1. The molecule has 1 aliphatic rings. The Bertz CT molecular complexity index is 710. The van der Waals surface area contributed by atoms with Crippen LogP contribution in [0.15, 0.2) is 54.7 Å². The van der Waals surface area contributed by atoms with Crippen LogP contribution >= 0.6 is 11.6 Å². The lowest BCUT2D eigenvalue weighted by molar-refractivity contribution is -0.898. The fourth-order valence-corrected chi connectivity index (χ4v) is 3.07. The van der Waals surface area contributed by atoms with Crippen molar-refractivity contribution in [1.29, 1.82) is 0 Å². The molecule has 1 aromatic heterocycles. The largest absolute Gasteiger partial charge is 0.329 e. The van der Waals surface area contributed by atoms with Crippen LogP contribution in [0.1, 0.15) is 15.9 Å². The number of rotatable bonds is 4. The Kier molecular flexibility index (Phi) is 5.62. The Morgan fingerprint density at radius 1 is 1.17 bits per heavy atom. The van der Waals surface area contributed by atoms with Crippen molar-refractivity contribution in [1.82, 2.24) is 9.88 Å². The van der Waals surface area contributed by atoms with Gasteiger partial charge in [-0.05, 0) is 23.8 Å². The summed E-state index contributed by atoms with van der Waals surface area (Å²) in [6, 6.07) is 13.8. The van der Waals surface area contributed by atoms with Crippen molar-refractivity contribution in [2.24, 2.45) is 0 Å². The number of hydrogen-bond donors (Lipinski definition) is 1. The lowest BCUT2D eigenvalue weighted by Crippen LogP contribution is -3.14. The summed E-state index contributed by atoms with van der Waals surface area (Å²) in [5, 5.41) is 0.281. The summed E-state index contributed by atoms with van der Waals surface area (Å²) >= 11 is 6.02. The van der Waals surface area contributed by atoms with E-state index in [1.165, 1.54) is 10.5 Å². The molecule has 24 heavy (non-hydrogen) atoms. The van der Waals surface area contributed by atoms with E-state index in [0.717, 1.165) is 32.7 Å². The highest BCUT2D eigenvalue weighted by Gasteiger charge is 2.25. The van der Waals surface area contributed by atoms with Gasteiger partial charge < -0.3 is 9.80 Å². The zero-order valence-corrected chi connectivity index (χ0v) is 14.2. The highest BCUT2D eigenvalue weighted by Crippen LogP contribution is 2.14. The van der Waals surface area contributed by atoms with Gasteiger partial charge in [-0.2, -0.15) is 0 Å². The van der Waals surface area contributed by atoms with Crippen LogP contribution in [-0.4, -0.2) is 48.5 Å². The molecule has 1 aromatic carbocycles. The second kappa shape index (κ2) is 8.08. The summed E-state index contributed by atoms with van der Waals surface area (Å²) in [6.07, 6.45) is 5.96. The number of benzene rings is 1. The molecule has 0 unspecified atom stereocenters. The number of hydrogen-bond acceptors (Lipinski definition) is 2. The van der Waals surface area contributed by atoms with Gasteiger partial charge in [-0.25, -0.2) is 4.98 Å². The zero-order chi connectivity index (χ0) is 16.8. The van der Waals surface area contributed by atoms with Gasteiger partial charge in [-0.15, -0.1) is 0 Å². The average Bonchev–Trinajstić information content (AvgIpc) is 2.63. The van der Waals surface area contributed by atoms with Crippen LogP contribution in [-0.2, 0) is 0 Å². The van der Waals surface area contributed by atoms with E-state index >= 15 is 0 Å². The Hall–Kier alpha value is -2.17.